The molecule has 0 saturated carbocycles. The third-order valence-electron chi connectivity index (χ3n) is 2.97. The Kier molecular flexibility index (Phi) is 3.36. The molecule has 0 saturated heterocycles. The third kappa shape index (κ3) is 2.05. The maximum Gasteiger partial charge on any atom is 0.147 e. The zero-order chi connectivity index (χ0) is 14.3. The van der Waals surface area contributed by atoms with E-state index in [4.69, 9.17) is 23.2 Å². The van der Waals surface area contributed by atoms with E-state index in [0.29, 0.717) is 21.9 Å². The molecular weight excluding hydrogens is 305 g/mol. The van der Waals surface area contributed by atoms with Gasteiger partial charge in [-0.15, -0.1) is 11.6 Å². The van der Waals surface area contributed by atoms with Crippen molar-refractivity contribution in [1.29, 1.82) is 0 Å². The lowest BCUT2D eigenvalue weighted by Crippen LogP contribution is -2.02. The van der Waals surface area contributed by atoms with Gasteiger partial charge in [-0.3, -0.25) is 4.57 Å². The standard InChI is InChI=1S/C14H8Cl2F2N2/c15-7-13-19-14-9(16)2-1-3-11(14)20(13)12-6-8(17)4-5-10(12)18/h1-6H,7H2. The maximum absolute atomic E-state index is 14.0. The molecule has 0 spiro atoms. The second kappa shape index (κ2) is 5.04. The van der Waals surface area contributed by atoms with Crippen LogP contribution in [-0.2, 0) is 5.88 Å². The monoisotopic (exact) mass is 312 g/mol. The molecule has 0 amide bonds. The molecule has 0 aliphatic heterocycles. The van der Waals surface area contributed by atoms with Gasteiger partial charge >= 0.3 is 0 Å². The minimum absolute atomic E-state index is 0.0565. The highest BCUT2D eigenvalue weighted by Gasteiger charge is 2.16. The number of aromatic nitrogens is 2. The van der Waals surface area contributed by atoms with Gasteiger partial charge in [-0.05, 0) is 24.3 Å². The Labute approximate surface area is 123 Å². The molecule has 0 unspecified atom stereocenters. The lowest BCUT2D eigenvalue weighted by molar-refractivity contribution is 0.592. The fourth-order valence-corrected chi connectivity index (χ4v) is 2.52. The largest absolute Gasteiger partial charge is 0.292 e. The molecule has 1 heterocycles. The fourth-order valence-electron chi connectivity index (χ4n) is 2.13. The normalized spacial score (nSPS) is 11.2. The lowest BCUT2D eigenvalue weighted by Gasteiger charge is -2.09. The molecule has 20 heavy (non-hydrogen) atoms. The topological polar surface area (TPSA) is 17.8 Å². The molecule has 0 N–H and O–H groups in total. The van der Waals surface area contributed by atoms with Gasteiger partial charge in [0.25, 0.3) is 0 Å². The first-order chi connectivity index (χ1) is 9.61. The van der Waals surface area contributed by atoms with Crippen molar-refractivity contribution >= 4 is 34.2 Å². The smallest absolute Gasteiger partial charge is 0.147 e. The zero-order valence-electron chi connectivity index (χ0n) is 10.1. The summed E-state index contributed by atoms with van der Waals surface area (Å²) < 4.78 is 28.9. The Morgan fingerprint density at radius 1 is 1.15 bits per heavy atom. The summed E-state index contributed by atoms with van der Waals surface area (Å²) in [6.45, 7) is 0. The summed E-state index contributed by atoms with van der Waals surface area (Å²) >= 11 is 11.9. The number of para-hydroxylation sites is 1. The summed E-state index contributed by atoms with van der Waals surface area (Å²) in [5.41, 5.74) is 1.15. The average molecular weight is 313 g/mol. The van der Waals surface area contributed by atoms with Crippen LogP contribution in [0.2, 0.25) is 5.02 Å². The van der Waals surface area contributed by atoms with Crippen LogP contribution in [0.4, 0.5) is 8.78 Å². The first kappa shape index (κ1) is 13.3. The SMILES string of the molecule is Fc1ccc(F)c(-n2c(CCl)nc3c(Cl)cccc32)c1. The summed E-state index contributed by atoms with van der Waals surface area (Å²) in [7, 11) is 0. The van der Waals surface area contributed by atoms with Gasteiger partial charge in [0.15, 0.2) is 0 Å². The zero-order valence-corrected chi connectivity index (χ0v) is 11.6. The van der Waals surface area contributed by atoms with E-state index in [2.05, 4.69) is 4.98 Å². The second-order valence-corrected chi connectivity index (χ2v) is 4.87. The van der Waals surface area contributed by atoms with Crippen LogP contribution in [-0.4, -0.2) is 9.55 Å². The van der Waals surface area contributed by atoms with Crippen LogP contribution >= 0.6 is 23.2 Å². The number of hydrogen-bond donors (Lipinski definition) is 0. The summed E-state index contributed by atoms with van der Waals surface area (Å²) in [5.74, 6) is -0.636. The predicted molar refractivity (Wildman–Crippen MR) is 75.6 cm³/mol. The van der Waals surface area contributed by atoms with Crippen LogP contribution < -0.4 is 0 Å². The van der Waals surface area contributed by atoms with Crippen molar-refractivity contribution in [2.45, 2.75) is 5.88 Å². The van der Waals surface area contributed by atoms with Crippen molar-refractivity contribution in [3.63, 3.8) is 0 Å². The summed E-state index contributed by atoms with van der Waals surface area (Å²) in [6, 6.07) is 8.37. The highest BCUT2D eigenvalue weighted by atomic mass is 35.5. The van der Waals surface area contributed by atoms with Crippen LogP contribution in [0.3, 0.4) is 0 Å². The lowest BCUT2D eigenvalue weighted by atomic mass is 10.2. The number of halogens is 4. The Hall–Kier alpha value is -1.65. The number of hydrogen-bond acceptors (Lipinski definition) is 1. The molecule has 1 aromatic heterocycles. The van der Waals surface area contributed by atoms with Gasteiger partial charge < -0.3 is 0 Å². The Bertz CT molecular complexity index is 799. The second-order valence-electron chi connectivity index (χ2n) is 4.20. The van der Waals surface area contributed by atoms with E-state index >= 15 is 0 Å². The van der Waals surface area contributed by atoms with E-state index in [9.17, 15) is 8.78 Å². The molecule has 0 radical (unpaired) electrons. The molecule has 102 valence electrons. The van der Waals surface area contributed by atoms with Gasteiger partial charge in [0.2, 0.25) is 0 Å². The van der Waals surface area contributed by atoms with Gasteiger partial charge in [-0.2, -0.15) is 0 Å². The number of fused-ring (bicyclic) bond motifs is 1. The number of benzene rings is 2. The fraction of sp³-hybridized carbons (Fsp3) is 0.0714. The van der Waals surface area contributed by atoms with E-state index in [-0.39, 0.29) is 11.6 Å². The molecule has 3 rings (SSSR count). The number of nitrogens with zero attached hydrogens (tertiary/aromatic N) is 2. The van der Waals surface area contributed by atoms with E-state index in [1.54, 1.807) is 18.2 Å². The van der Waals surface area contributed by atoms with Crippen molar-refractivity contribution < 1.29 is 8.78 Å². The Morgan fingerprint density at radius 3 is 2.70 bits per heavy atom. The minimum Gasteiger partial charge on any atom is -0.292 e. The third-order valence-corrected chi connectivity index (χ3v) is 3.52. The summed E-state index contributed by atoms with van der Waals surface area (Å²) in [5, 5.41) is 0.435. The average Bonchev–Trinajstić information content (AvgIpc) is 2.81. The van der Waals surface area contributed by atoms with Crippen LogP contribution in [0.1, 0.15) is 5.82 Å². The van der Waals surface area contributed by atoms with E-state index < -0.39 is 11.6 Å². The van der Waals surface area contributed by atoms with E-state index in [0.717, 1.165) is 18.2 Å². The number of imidazole rings is 1. The first-order valence-electron chi connectivity index (χ1n) is 5.79. The molecule has 0 bridgehead atoms. The quantitative estimate of drug-likeness (QED) is 0.627. The molecule has 6 heteroatoms. The molecule has 0 aliphatic rings. The molecule has 3 aromatic rings. The molecular formula is C14H8Cl2F2N2. The first-order valence-corrected chi connectivity index (χ1v) is 6.70. The van der Waals surface area contributed by atoms with Crippen LogP contribution in [0, 0.1) is 11.6 Å². The summed E-state index contributed by atoms with van der Waals surface area (Å²) in [4.78, 5) is 4.29. The maximum atomic E-state index is 14.0. The van der Waals surface area contributed by atoms with Crippen molar-refractivity contribution in [2.24, 2.45) is 0 Å². The van der Waals surface area contributed by atoms with Crippen LogP contribution in [0.5, 0.6) is 0 Å². The Balaban J connectivity index is 2.40. The highest BCUT2D eigenvalue weighted by molar-refractivity contribution is 6.35. The van der Waals surface area contributed by atoms with Gasteiger partial charge in [0.05, 0.1) is 22.1 Å². The van der Waals surface area contributed by atoms with Gasteiger partial charge in [-0.25, -0.2) is 13.8 Å². The Morgan fingerprint density at radius 2 is 1.95 bits per heavy atom. The molecule has 0 fully saturated rings. The van der Waals surface area contributed by atoms with Gasteiger partial charge in [0.1, 0.15) is 23.0 Å². The van der Waals surface area contributed by atoms with Crippen molar-refractivity contribution in [3.8, 4) is 5.69 Å². The number of rotatable bonds is 2. The predicted octanol–water partition coefficient (Wildman–Crippen LogP) is 4.70. The molecule has 2 aromatic carbocycles. The van der Waals surface area contributed by atoms with Crippen LogP contribution in [0.15, 0.2) is 36.4 Å². The number of alkyl halides is 1. The van der Waals surface area contributed by atoms with Gasteiger partial charge in [-0.1, -0.05) is 17.7 Å². The van der Waals surface area contributed by atoms with E-state index in [1.165, 1.54) is 4.57 Å². The van der Waals surface area contributed by atoms with Crippen molar-refractivity contribution in [1.82, 2.24) is 9.55 Å². The van der Waals surface area contributed by atoms with Crippen LogP contribution in [0.25, 0.3) is 16.7 Å². The molecule has 0 atom stereocenters. The minimum atomic E-state index is -0.558. The molecule has 0 aliphatic carbocycles. The van der Waals surface area contributed by atoms with E-state index in [1.807, 2.05) is 0 Å². The van der Waals surface area contributed by atoms with Gasteiger partial charge in [0, 0.05) is 6.07 Å². The highest BCUT2D eigenvalue weighted by Crippen LogP contribution is 2.29. The summed E-state index contributed by atoms with van der Waals surface area (Å²) in [6.07, 6.45) is 0. The molecule has 2 nitrogen and oxygen atoms in total. The van der Waals surface area contributed by atoms with Crippen molar-refractivity contribution in [3.05, 3.63) is 58.9 Å². The van der Waals surface area contributed by atoms with Crippen molar-refractivity contribution in [2.75, 3.05) is 0 Å².